The fourth-order valence-electron chi connectivity index (χ4n) is 1.70. The molecule has 0 fully saturated rings. The van der Waals surface area contributed by atoms with Gasteiger partial charge in [0.15, 0.2) is 0 Å². The van der Waals surface area contributed by atoms with Gasteiger partial charge in [-0.1, -0.05) is 6.92 Å². The number of rotatable bonds is 5. The van der Waals surface area contributed by atoms with Crippen LogP contribution in [0.5, 0.6) is 0 Å². The number of hydrogen-bond donors (Lipinski definition) is 2. The largest absolute Gasteiger partial charge is 0.313 e. The minimum atomic E-state index is 0.801. The molecule has 0 aliphatic rings. The van der Waals surface area contributed by atoms with Crippen molar-refractivity contribution in [3.05, 3.63) is 29.8 Å². The Kier molecular flexibility index (Phi) is 3.82. The zero-order chi connectivity index (χ0) is 12.1. The second kappa shape index (κ2) is 5.54. The zero-order valence-corrected chi connectivity index (χ0v) is 10.2. The molecule has 0 spiro atoms. The van der Waals surface area contributed by atoms with Crippen molar-refractivity contribution in [1.82, 2.24) is 25.5 Å². The molecule has 0 radical (unpaired) electrons. The van der Waals surface area contributed by atoms with E-state index < -0.39 is 0 Å². The first-order valence-corrected chi connectivity index (χ1v) is 5.84. The summed E-state index contributed by atoms with van der Waals surface area (Å²) in [4.78, 5) is 8.59. The van der Waals surface area contributed by atoms with Gasteiger partial charge in [0.25, 0.3) is 0 Å². The molecule has 0 aromatic carbocycles. The number of aromatic amines is 1. The fraction of sp³-hybridized carbons (Fsp3) is 0.417. The third-order valence-electron chi connectivity index (χ3n) is 2.58. The van der Waals surface area contributed by atoms with Crippen LogP contribution in [0.25, 0.3) is 11.4 Å². The van der Waals surface area contributed by atoms with Gasteiger partial charge in [-0.15, -0.1) is 0 Å². The van der Waals surface area contributed by atoms with E-state index in [0.717, 1.165) is 42.2 Å². The molecule has 2 heterocycles. The maximum absolute atomic E-state index is 4.35. The molecular weight excluding hydrogens is 214 g/mol. The monoisotopic (exact) mass is 231 g/mol. The van der Waals surface area contributed by atoms with Crippen LogP contribution in [0.2, 0.25) is 0 Å². The highest BCUT2D eigenvalue weighted by atomic mass is 15.1. The first-order chi connectivity index (χ1) is 8.33. The van der Waals surface area contributed by atoms with E-state index in [1.54, 1.807) is 12.4 Å². The minimum Gasteiger partial charge on any atom is -0.313 e. The van der Waals surface area contributed by atoms with Gasteiger partial charge in [0, 0.05) is 24.5 Å². The SMILES string of the molecule is CCCNCc1cn[nH]c1-c1nccnc1C. The van der Waals surface area contributed by atoms with E-state index in [1.807, 2.05) is 13.1 Å². The Bertz CT molecular complexity index is 477. The second-order valence-corrected chi connectivity index (χ2v) is 3.94. The molecule has 2 aromatic rings. The van der Waals surface area contributed by atoms with Gasteiger partial charge in [-0.25, -0.2) is 0 Å². The zero-order valence-electron chi connectivity index (χ0n) is 10.2. The summed E-state index contributed by atoms with van der Waals surface area (Å²) in [7, 11) is 0. The molecule has 2 aromatic heterocycles. The highest BCUT2D eigenvalue weighted by molar-refractivity contribution is 5.60. The summed E-state index contributed by atoms with van der Waals surface area (Å²) >= 11 is 0. The van der Waals surface area contributed by atoms with Gasteiger partial charge < -0.3 is 5.32 Å². The lowest BCUT2D eigenvalue weighted by Crippen LogP contribution is -2.14. The maximum Gasteiger partial charge on any atom is 0.110 e. The van der Waals surface area contributed by atoms with E-state index in [9.17, 15) is 0 Å². The topological polar surface area (TPSA) is 66.5 Å². The molecule has 0 aliphatic carbocycles. The quantitative estimate of drug-likeness (QED) is 0.768. The van der Waals surface area contributed by atoms with Gasteiger partial charge in [-0.3, -0.25) is 15.1 Å². The van der Waals surface area contributed by atoms with Crippen molar-refractivity contribution in [3.8, 4) is 11.4 Å². The van der Waals surface area contributed by atoms with Crippen LogP contribution in [0.4, 0.5) is 0 Å². The first-order valence-electron chi connectivity index (χ1n) is 5.84. The summed E-state index contributed by atoms with van der Waals surface area (Å²) in [6.07, 6.45) is 6.36. The predicted octanol–water partition coefficient (Wildman–Crippen LogP) is 1.67. The van der Waals surface area contributed by atoms with E-state index in [4.69, 9.17) is 0 Å². The van der Waals surface area contributed by atoms with E-state index in [1.165, 1.54) is 0 Å². The van der Waals surface area contributed by atoms with Crippen LogP contribution in [0.3, 0.4) is 0 Å². The fourth-order valence-corrected chi connectivity index (χ4v) is 1.70. The maximum atomic E-state index is 4.35. The van der Waals surface area contributed by atoms with Crippen LogP contribution in [-0.4, -0.2) is 26.7 Å². The lowest BCUT2D eigenvalue weighted by atomic mass is 10.1. The Morgan fingerprint density at radius 3 is 2.88 bits per heavy atom. The average Bonchev–Trinajstić information content (AvgIpc) is 2.78. The van der Waals surface area contributed by atoms with Crippen molar-refractivity contribution < 1.29 is 0 Å². The Balaban J connectivity index is 2.22. The summed E-state index contributed by atoms with van der Waals surface area (Å²) in [6.45, 7) is 5.91. The summed E-state index contributed by atoms with van der Waals surface area (Å²) in [5, 5.41) is 10.4. The van der Waals surface area contributed by atoms with Gasteiger partial charge in [-0.2, -0.15) is 5.10 Å². The number of aromatic nitrogens is 4. The van der Waals surface area contributed by atoms with Crippen molar-refractivity contribution in [2.24, 2.45) is 0 Å². The Morgan fingerprint density at radius 1 is 1.29 bits per heavy atom. The highest BCUT2D eigenvalue weighted by Crippen LogP contribution is 2.20. The molecule has 0 bridgehead atoms. The molecular formula is C12H17N5. The molecule has 5 heteroatoms. The van der Waals surface area contributed by atoms with Crippen molar-refractivity contribution in [1.29, 1.82) is 0 Å². The van der Waals surface area contributed by atoms with E-state index in [-0.39, 0.29) is 0 Å². The van der Waals surface area contributed by atoms with Gasteiger partial charge in [0.2, 0.25) is 0 Å². The Labute approximate surface area is 101 Å². The first kappa shape index (κ1) is 11.7. The van der Waals surface area contributed by atoms with Crippen molar-refractivity contribution in [2.45, 2.75) is 26.8 Å². The van der Waals surface area contributed by atoms with E-state index in [0.29, 0.717) is 0 Å². The van der Waals surface area contributed by atoms with Gasteiger partial charge in [0.05, 0.1) is 17.6 Å². The van der Waals surface area contributed by atoms with Gasteiger partial charge in [-0.05, 0) is 19.9 Å². The number of hydrogen-bond acceptors (Lipinski definition) is 4. The molecule has 17 heavy (non-hydrogen) atoms. The van der Waals surface area contributed by atoms with Crippen LogP contribution in [-0.2, 0) is 6.54 Å². The normalized spacial score (nSPS) is 10.7. The Morgan fingerprint density at radius 2 is 2.12 bits per heavy atom. The van der Waals surface area contributed by atoms with Crippen LogP contribution in [0.15, 0.2) is 18.6 Å². The third-order valence-corrected chi connectivity index (χ3v) is 2.58. The van der Waals surface area contributed by atoms with Gasteiger partial charge in [0.1, 0.15) is 5.69 Å². The lowest BCUT2D eigenvalue weighted by molar-refractivity contribution is 0.676. The Hall–Kier alpha value is -1.75. The van der Waals surface area contributed by atoms with Crippen molar-refractivity contribution in [3.63, 3.8) is 0 Å². The molecule has 90 valence electrons. The molecule has 0 saturated heterocycles. The minimum absolute atomic E-state index is 0.801. The van der Waals surface area contributed by atoms with Crippen molar-refractivity contribution in [2.75, 3.05) is 6.54 Å². The molecule has 2 rings (SSSR count). The molecule has 2 N–H and O–H groups in total. The number of aryl methyl sites for hydroxylation is 1. The van der Waals surface area contributed by atoms with E-state index in [2.05, 4.69) is 32.4 Å². The van der Waals surface area contributed by atoms with Crippen LogP contribution in [0, 0.1) is 6.92 Å². The number of nitrogens with one attached hydrogen (secondary N) is 2. The summed E-state index contributed by atoms with van der Waals surface area (Å²) < 4.78 is 0. The molecule has 0 atom stereocenters. The molecule has 5 nitrogen and oxygen atoms in total. The molecule has 0 amide bonds. The second-order valence-electron chi connectivity index (χ2n) is 3.94. The van der Waals surface area contributed by atoms with Crippen LogP contribution in [0.1, 0.15) is 24.6 Å². The smallest absolute Gasteiger partial charge is 0.110 e. The average molecular weight is 231 g/mol. The highest BCUT2D eigenvalue weighted by Gasteiger charge is 2.11. The number of H-pyrrole nitrogens is 1. The van der Waals surface area contributed by atoms with E-state index >= 15 is 0 Å². The van der Waals surface area contributed by atoms with Crippen molar-refractivity contribution >= 4 is 0 Å². The van der Waals surface area contributed by atoms with Crippen LogP contribution >= 0.6 is 0 Å². The van der Waals surface area contributed by atoms with Gasteiger partial charge >= 0.3 is 0 Å². The standard InChI is InChI=1S/C12H17N5/c1-3-4-13-7-10-8-16-17-12(10)11-9(2)14-5-6-15-11/h5-6,8,13H,3-4,7H2,1-2H3,(H,16,17). The molecule has 0 saturated carbocycles. The summed E-state index contributed by atoms with van der Waals surface area (Å²) in [5.41, 5.74) is 3.87. The van der Waals surface area contributed by atoms with Crippen LogP contribution < -0.4 is 5.32 Å². The number of nitrogens with zero attached hydrogens (tertiary/aromatic N) is 3. The lowest BCUT2D eigenvalue weighted by Gasteiger charge is -2.05. The third kappa shape index (κ3) is 2.68. The summed E-state index contributed by atoms with van der Waals surface area (Å²) in [5.74, 6) is 0. The predicted molar refractivity (Wildman–Crippen MR) is 66.3 cm³/mol. The molecule has 0 aliphatic heterocycles. The molecule has 0 unspecified atom stereocenters. The summed E-state index contributed by atoms with van der Waals surface area (Å²) in [6, 6.07) is 0.